The third-order valence-corrected chi connectivity index (χ3v) is 11.3. The van der Waals surface area contributed by atoms with Crippen molar-refractivity contribution in [1.29, 1.82) is 0 Å². The van der Waals surface area contributed by atoms with Gasteiger partial charge in [-0.15, -0.1) is 0 Å². The molecule has 11 heteroatoms. The molecule has 45 heavy (non-hydrogen) atoms. The fraction of sp³-hybridized carbons (Fsp3) is 0.559. The lowest BCUT2D eigenvalue weighted by Gasteiger charge is -2.62. The van der Waals surface area contributed by atoms with Gasteiger partial charge in [0, 0.05) is 41.3 Å². The number of H-pyrrole nitrogens is 1. The molecular formula is C34H44Cl2N6O3. The molecule has 1 aliphatic heterocycles. The lowest BCUT2D eigenvalue weighted by molar-refractivity contribution is -0.112. The van der Waals surface area contributed by atoms with Crippen molar-refractivity contribution in [3.8, 4) is 0 Å². The average Bonchev–Trinajstić information content (AvgIpc) is 2.97. The van der Waals surface area contributed by atoms with Crippen LogP contribution in [0.15, 0.2) is 51.0 Å². The van der Waals surface area contributed by atoms with Crippen LogP contribution in [0.4, 0.5) is 5.69 Å². The van der Waals surface area contributed by atoms with Gasteiger partial charge in [-0.05, 0) is 92.2 Å². The number of rotatable bonds is 6. The Balaban J connectivity index is 1.33. The van der Waals surface area contributed by atoms with Crippen molar-refractivity contribution in [3.05, 3.63) is 72.8 Å². The largest absolute Gasteiger partial charge is 0.394 e. The lowest BCUT2D eigenvalue weighted by Crippen LogP contribution is -2.64. The van der Waals surface area contributed by atoms with Crippen LogP contribution in [-0.4, -0.2) is 63.3 Å². The Morgan fingerprint density at radius 1 is 1.09 bits per heavy atom. The third kappa shape index (κ3) is 6.16. The number of nitrogens with zero attached hydrogens (tertiary/aromatic N) is 3. The second kappa shape index (κ2) is 12.4. The first-order chi connectivity index (χ1) is 21.3. The second-order valence-corrected chi connectivity index (χ2v) is 15.0. The van der Waals surface area contributed by atoms with E-state index in [1.807, 2.05) is 6.07 Å². The van der Waals surface area contributed by atoms with E-state index in [1.165, 1.54) is 6.42 Å². The van der Waals surface area contributed by atoms with E-state index in [0.717, 1.165) is 30.0 Å². The number of piperazine rings is 1. The third-order valence-electron chi connectivity index (χ3n) is 10.7. The van der Waals surface area contributed by atoms with Crippen LogP contribution in [0, 0.1) is 23.2 Å². The predicted molar refractivity (Wildman–Crippen MR) is 182 cm³/mol. The van der Waals surface area contributed by atoms with Gasteiger partial charge in [-0.1, -0.05) is 50.0 Å². The Hall–Kier alpha value is -2.85. The Kier molecular flexibility index (Phi) is 8.84. The predicted octanol–water partition coefficient (Wildman–Crippen LogP) is 5.10. The molecule has 4 N–H and O–H groups in total. The first-order valence-corrected chi connectivity index (χ1v) is 16.8. The number of aliphatic hydroxyl groups is 1. The molecule has 7 rings (SSSR count). The van der Waals surface area contributed by atoms with Gasteiger partial charge in [0.1, 0.15) is 0 Å². The van der Waals surface area contributed by atoms with Crippen LogP contribution >= 0.6 is 23.2 Å². The number of hydrogen-bond acceptors (Lipinski definition) is 5. The Morgan fingerprint density at radius 3 is 2.47 bits per heavy atom. The second-order valence-electron chi connectivity index (χ2n) is 14.1. The maximum atomic E-state index is 13.6. The first-order valence-electron chi connectivity index (χ1n) is 16.0. The molecule has 2 aromatic carbocycles. The van der Waals surface area contributed by atoms with Gasteiger partial charge in [-0.3, -0.25) is 9.36 Å². The fourth-order valence-electron chi connectivity index (χ4n) is 8.12. The Labute approximate surface area is 274 Å². The topological polar surface area (TPSA) is 115 Å². The van der Waals surface area contributed by atoms with Gasteiger partial charge in [-0.2, -0.15) is 0 Å². The summed E-state index contributed by atoms with van der Waals surface area (Å²) in [5, 5.41) is 18.9. The molecular weight excluding hydrogens is 611 g/mol. The maximum absolute atomic E-state index is 13.6. The van der Waals surface area contributed by atoms with E-state index in [9.17, 15) is 14.7 Å². The molecule has 2 bridgehead atoms. The molecule has 4 fully saturated rings. The summed E-state index contributed by atoms with van der Waals surface area (Å²) in [6.45, 7) is 12.8. The van der Waals surface area contributed by atoms with Crippen molar-refractivity contribution in [2.24, 2.45) is 28.2 Å². The summed E-state index contributed by atoms with van der Waals surface area (Å²) in [6, 6.07) is 10.5. The highest BCUT2D eigenvalue weighted by Gasteiger charge is 2.56. The van der Waals surface area contributed by atoms with Crippen molar-refractivity contribution in [1.82, 2.24) is 25.1 Å². The van der Waals surface area contributed by atoms with Gasteiger partial charge in [-0.25, -0.2) is 9.79 Å². The number of aliphatic imine (C=N–C) groups is 1. The zero-order chi connectivity index (χ0) is 32.2. The summed E-state index contributed by atoms with van der Waals surface area (Å²) in [4.78, 5) is 37.2. The molecule has 1 aromatic heterocycles. The summed E-state index contributed by atoms with van der Waals surface area (Å²) >= 11 is 12.4. The summed E-state index contributed by atoms with van der Waals surface area (Å²) in [7, 11) is 0. The molecule has 3 aliphatic carbocycles. The molecule has 0 radical (unpaired) electrons. The SMILES string of the molecule is C[C@H]1[C@@H](NC(=Nc2ccc3c(=O)n([C@H](CO)Cc4ccc(Cl)cc4Cl)c(=O)[nH]c3c2)N2C[C@@H](C)N[C@@H](C)C2)C[C@@H]2C[C@@H]1C2(C)C. The molecule has 1 saturated heterocycles. The van der Waals surface area contributed by atoms with E-state index in [0.29, 0.717) is 73.5 Å². The maximum Gasteiger partial charge on any atom is 0.329 e. The zero-order valence-electron chi connectivity index (χ0n) is 26.6. The number of aromatic nitrogens is 2. The van der Waals surface area contributed by atoms with Crippen LogP contribution in [0.25, 0.3) is 10.9 Å². The minimum Gasteiger partial charge on any atom is -0.394 e. The van der Waals surface area contributed by atoms with Gasteiger partial charge in [0.2, 0.25) is 0 Å². The number of guanidine groups is 1. The van der Waals surface area contributed by atoms with Gasteiger partial charge in [0.15, 0.2) is 5.96 Å². The van der Waals surface area contributed by atoms with Gasteiger partial charge < -0.3 is 25.6 Å². The summed E-state index contributed by atoms with van der Waals surface area (Å²) in [5.74, 6) is 2.77. The molecule has 0 unspecified atom stereocenters. The normalized spacial score (nSPS) is 28.5. The van der Waals surface area contributed by atoms with E-state index in [4.69, 9.17) is 28.2 Å². The number of benzene rings is 2. The average molecular weight is 656 g/mol. The molecule has 0 amide bonds. The highest BCUT2D eigenvalue weighted by molar-refractivity contribution is 6.35. The van der Waals surface area contributed by atoms with Crippen LogP contribution in [0.3, 0.4) is 0 Å². The molecule has 0 spiro atoms. The molecule has 7 atom stereocenters. The monoisotopic (exact) mass is 654 g/mol. The molecule has 2 heterocycles. The number of aromatic amines is 1. The van der Waals surface area contributed by atoms with Crippen LogP contribution in [-0.2, 0) is 6.42 Å². The Morgan fingerprint density at radius 2 is 1.82 bits per heavy atom. The van der Waals surface area contributed by atoms with Crippen molar-refractivity contribution in [2.45, 2.75) is 78.0 Å². The summed E-state index contributed by atoms with van der Waals surface area (Å²) < 4.78 is 1.07. The lowest BCUT2D eigenvalue weighted by atomic mass is 9.45. The number of aliphatic hydroxyl groups excluding tert-OH is 1. The summed E-state index contributed by atoms with van der Waals surface area (Å²) in [6.07, 6.45) is 2.62. The van der Waals surface area contributed by atoms with Gasteiger partial charge in [0.25, 0.3) is 5.56 Å². The van der Waals surface area contributed by atoms with E-state index in [1.54, 1.807) is 30.3 Å². The van der Waals surface area contributed by atoms with Crippen LogP contribution < -0.4 is 21.9 Å². The van der Waals surface area contributed by atoms with Crippen molar-refractivity contribution < 1.29 is 5.11 Å². The van der Waals surface area contributed by atoms with Crippen molar-refractivity contribution in [2.75, 3.05) is 19.7 Å². The van der Waals surface area contributed by atoms with Crippen molar-refractivity contribution in [3.63, 3.8) is 0 Å². The van der Waals surface area contributed by atoms with Crippen molar-refractivity contribution >= 4 is 45.8 Å². The summed E-state index contributed by atoms with van der Waals surface area (Å²) in [5.41, 5.74) is 1.05. The van der Waals surface area contributed by atoms with E-state index >= 15 is 0 Å². The van der Waals surface area contributed by atoms with Gasteiger partial charge in [0.05, 0.1) is 29.2 Å². The molecule has 9 nitrogen and oxygen atoms in total. The van der Waals surface area contributed by atoms with Gasteiger partial charge >= 0.3 is 5.69 Å². The molecule has 3 saturated carbocycles. The van der Waals surface area contributed by atoms with Crippen LogP contribution in [0.1, 0.15) is 59.1 Å². The van der Waals surface area contributed by atoms with Crippen LogP contribution in [0.5, 0.6) is 0 Å². The smallest absolute Gasteiger partial charge is 0.329 e. The number of nitrogens with one attached hydrogen (secondary N) is 3. The first kappa shape index (κ1) is 32.1. The fourth-order valence-corrected chi connectivity index (χ4v) is 8.61. The Bertz CT molecular complexity index is 1730. The number of halogens is 2. The highest BCUT2D eigenvalue weighted by Crippen LogP contribution is 2.61. The van der Waals surface area contributed by atoms with E-state index in [2.05, 4.69) is 55.1 Å². The highest BCUT2D eigenvalue weighted by atomic mass is 35.5. The zero-order valence-corrected chi connectivity index (χ0v) is 28.1. The minimum atomic E-state index is -0.803. The molecule has 242 valence electrons. The standard InChI is InChI=1S/C34H44Cl2N6O3/c1-18-15-41(16-19(2)37-18)32(39-29-12-22-11-27(20(29)3)34(22,4)5)38-24-8-9-26-30(14-24)40-33(45)42(31(26)44)25(17-43)10-21-6-7-23(35)13-28(21)36/h6-9,13-14,18-20,22,25,27,29,37,43H,10-12,15-17H2,1-5H3,(H,38,39)(H,40,45)/t18-,19+,20-,22+,25+,27+,29+/m1/s1. The van der Waals surface area contributed by atoms with E-state index < -0.39 is 23.9 Å². The van der Waals surface area contributed by atoms with E-state index in [-0.39, 0.29) is 6.42 Å². The quantitative estimate of drug-likeness (QED) is 0.217. The minimum absolute atomic E-state index is 0.193. The molecule has 4 aliphatic rings. The number of hydrogen-bond donors (Lipinski definition) is 4. The number of fused-ring (bicyclic) bond motifs is 3. The van der Waals surface area contributed by atoms with Crippen LogP contribution in [0.2, 0.25) is 10.0 Å². The molecule has 3 aromatic rings.